The lowest BCUT2D eigenvalue weighted by Crippen LogP contribution is -2.23. The van der Waals surface area contributed by atoms with E-state index in [0.717, 1.165) is 64.1 Å². The number of carbonyl (C=O) groups excluding carboxylic acids is 1. The number of hydrogen-bond donors (Lipinski definition) is 1. The third-order valence-electron chi connectivity index (χ3n) is 7.54. The molecule has 0 bridgehead atoms. The summed E-state index contributed by atoms with van der Waals surface area (Å²) in [5.41, 5.74) is 6.51. The zero-order chi connectivity index (χ0) is 24.4. The van der Waals surface area contributed by atoms with Crippen LogP contribution in [-0.4, -0.2) is 47.4 Å². The van der Waals surface area contributed by atoms with Gasteiger partial charge in [-0.2, -0.15) is 5.10 Å². The Morgan fingerprint density at radius 1 is 1.38 bits per heavy atom. The van der Waals surface area contributed by atoms with E-state index in [1.54, 1.807) is 18.9 Å². The Labute approximate surface area is 210 Å². The van der Waals surface area contributed by atoms with E-state index in [-0.39, 0.29) is 5.91 Å². The van der Waals surface area contributed by atoms with Crippen molar-refractivity contribution in [2.24, 2.45) is 11.3 Å². The van der Waals surface area contributed by atoms with Gasteiger partial charge in [0.25, 0.3) is 0 Å². The van der Waals surface area contributed by atoms with Crippen molar-refractivity contribution >= 4 is 46.6 Å². The lowest BCUT2D eigenvalue weighted by atomic mass is 9.87. The summed E-state index contributed by atoms with van der Waals surface area (Å²) in [5.74, 6) is 1.50. The normalized spacial score (nSPS) is 21.4. The average Bonchev–Trinajstić information content (AvgIpc) is 3.06. The number of fused-ring (bicyclic) bond motifs is 3. The molecule has 2 heterocycles. The number of halogens is 1. The van der Waals surface area contributed by atoms with Crippen LogP contribution in [0.2, 0.25) is 25.7 Å². The van der Waals surface area contributed by atoms with Crippen molar-refractivity contribution < 1.29 is 9.53 Å². The Morgan fingerprint density at radius 3 is 2.85 bits per heavy atom. The number of hydrogen-bond acceptors (Lipinski definition) is 4. The Kier molecular flexibility index (Phi) is 5.80. The number of imidazole rings is 1. The molecular formula is C25H34BrN5O2Si. The van der Waals surface area contributed by atoms with Gasteiger partial charge < -0.3 is 14.6 Å². The third-order valence-corrected chi connectivity index (χ3v) is 9.88. The smallest absolute Gasteiger partial charge is 0.223 e. The van der Waals surface area contributed by atoms with Gasteiger partial charge >= 0.3 is 0 Å². The quantitative estimate of drug-likeness (QED) is 0.310. The molecule has 2 aliphatic carbocycles. The van der Waals surface area contributed by atoms with Gasteiger partial charge in [-0.25, -0.2) is 9.67 Å². The molecule has 1 N–H and O–H groups in total. The second kappa shape index (κ2) is 8.31. The first-order valence-electron chi connectivity index (χ1n) is 12.1. The molecule has 1 fully saturated rings. The molecule has 5 rings (SSSR count). The highest BCUT2D eigenvalue weighted by Gasteiger charge is 2.54. The minimum Gasteiger partial charge on any atom is -0.360 e. The van der Waals surface area contributed by atoms with Crippen molar-refractivity contribution in [2.45, 2.75) is 65.5 Å². The number of H-pyrrole nitrogens is 1. The molecular weight excluding hydrogens is 510 g/mol. The number of nitrogens with zero attached hydrogens (tertiary/aromatic N) is 4. The number of anilines is 1. The van der Waals surface area contributed by atoms with Crippen LogP contribution >= 0.6 is 15.9 Å². The summed E-state index contributed by atoms with van der Waals surface area (Å²) in [6.45, 7) is 12.4. The fraction of sp³-hybridized carbons (Fsp3) is 0.560. The van der Waals surface area contributed by atoms with Crippen LogP contribution in [0.4, 0.5) is 5.69 Å². The van der Waals surface area contributed by atoms with E-state index < -0.39 is 8.07 Å². The predicted octanol–water partition coefficient (Wildman–Crippen LogP) is 5.61. The molecule has 34 heavy (non-hydrogen) atoms. The molecule has 1 saturated carbocycles. The van der Waals surface area contributed by atoms with Gasteiger partial charge in [0.05, 0.1) is 16.7 Å². The van der Waals surface area contributed by atoms with Crippen molar-refractivity contribution in [2.75, 3.05) is 18.6 Å². The molecule has 0 saturated heterocycles. The summed E-state index contributed by atoms with van der Waals surface area (Å²) in [4.78, 5) is 21.9. The highest BCUT2D eigenvalue weighted by molar-refractivity contribution is 9.10. The van der Waals surface area contributed by atoms with Crippen LogP contribution < -0.4 is 4.90 Å². The van der Waals surface area contributed by atoms with Crippen molar-refractivity contribution in [3.8, 4) is 11.5 Å². The van der Waals surface area contributed by atoms with E-state index in [9.17, 15) is 4.79 Å². The number of benzene rings is 1. The fourth-order valence-corrected chi connectivity index (χ4v) is 6.36. The Bertz CT molecular complexity index is 1280. The van der Waals surface area contributed by atoms with Gasteiger partial charge in [-0.3, -0.25) is 4.79 Å². The highest BCUT2D eigenvalue weighted by atomic mass is 79.9. The van der Waals surface area contributed by atoms with Crippen LogP contribution in [0.3, 0.4) is 0 Å². The molecule has 3 aromatic rings. The van der Waals surface area contributed by atoms with E-state index in [1.807, 2.05) is 12.1 Å². The molecule has 182 valence electrons. The molecule has 2 atom stereocenters. The summed E-state index contributed by atoms with van der Waals surface area (Å²) in [5, 5.41) is 5.02. The second-order valence-corrected chi connectivity index (χ2v) is 18.0. The molecule has 2 aliphatic rings. The minimum absolute atomic E-state index is 0.0229. The fourth-order valence-electron chi connectivity index (χ4n) is 5.00. The molecule has 0 aliphatic heterocycles. The Balaban J connectivity index is 1.49. The van der Waals surface area contributed by atoms with E-state index in [2.05, 4.69) is 52.2 Å². The number of amides is 1. The summed E-state index contributed by atoms with van der Waals surface area (Å²) in [7, 11) is 0.643. The van der Waals surface area contributed by atoms with Crippen molar-refractivity contribution in [1.82, 2.24) is 19.7 Å². The monoisotopic (exact) mass is 543 g/mol. The van der Waals surface area contributed by atoms with E-state index in [0.29, 0.717) is 12.1 Å². The van der Waals surface area contributed by atoms with Gasteiger partial charge in [-0.05, 0) is 64.7 Å². The summed E-state index contributed by atoms with van der Waals surface area (Å²) < 4.78 is 9.02. The first-order valence-corrected chi connectivity index (χ1v) is 16.6. The first-order chi connectivity index (χ1) is 15.9. The molecule has 1 amide bonds. The standard InChI is InChI=1S/C25H34BrN5O2Si/c1-15(32)30(3)21-11-20-19(10-18(21)26)27-24(28-20)23-17-9-16-12-25(16,2)13-22(17)31(29-23)14-33-7-8-34(4,5)6/h10-11,16H,7-9,12-14H2,1-6H3,(H,27,28)/t16-,25-/m1/s1. The van der Waals surface area contributed by atoms with Crippen LogP contribution in [-0.2, 0) is 29.1 Å². The number of ether oxygens (including phenoxy) is 1. The van der Waals surface area contributed by atoms with Crippen LogP contribution in [0, 0.1) is 11.3 Å². The number of carbonyl (C=O) groups is 1. The maximum atomic E-state index is 11.9. The number of aromatic nitrogens is 4. The molecule has 7 nitrogen and oxygen atoms in total. The zero-order valence-corrected chi connectivity index (χ0v) is 23.5. The summed E-state index contributed by atoms with van der Waals surface area (Å²) >= 11 is 3.61. The topological polar surface area (TPSA) is 76.0 Å². The Hall–Kier alpha value is -1.97. The van der Waals surface area contributed by atoms with Gasteiger partial charge in [0.15, 0.2) is 5.82 Å². The summed E-state index contributed by atoms with van der Waals surface area (Å²) in [6, 6.07) is 5.09. The van der Waals surface area contributed by atoms with Crippen molar-refractivity contribution in [3.05, 3.63) is 27.9 Å². The van der Waals surface area contributed by atoms with Crippen LogP contribution in [0.25, 0.3) is 22.6 Å². The SMILES string of the molecule is CC(=O)N(C)c1cc2nc(-c3nn(COCC[Si](C)(C)C)c4c3C[C@@H]3C[C@]3(C)C4)[nH]c2cc1Br. The van der Waals surface area contributed by atoms with E-state index in [1.165, 1.54) is 17.7 Å². The molecule has 2 aromatic heterocycles. The number of rotatable bonds is 7. The van der Waals surface area contributed by atoms with E-state index in [4.69, 9.17) is 14.8 Å². The highest BCUT2D eigenvalue weighted by Crippen LogP contribution is 2.60. The molecule has 0 radical (unpaired) electrons. The third kappa shape index (κ3) is 4.38. The molecule has 0 spiro atoms. The van der Waals surface area contributed by atoms with Crippen LogP contribution in [0.1, 0.15) is 31.5 Å². The maximum Gasteiger partial charge on any atom is 0.223 e. The Morgan fingerprint density at radius 2 is 2.15 bits per heavy atom. The second-order valence-electron chi connectivity index (χ2n) is 11.5. The van der Waals surface area contributed by atoms with Gasteiger partial charge in [0, 0.05) is 44.4 Å². The predicted molar refractivity (Wildman–Crippen MR) is 142 cm³/mol. The minimum atomic E-state index is -1.13. The van der Waals surface area contributed by atoms with Gasteiger partial charge in [0.1, 0.15) is 12.4 Å². The number of nitrogens with one attached hydrogen (secondary N) is 1. The van der Waals surface area contributed by atoms with Crippen molar-refractivity contribution in [3.63, 3.8) is 0 Å². The van der Waals surface area contributed by atoms with Crippen molar-refractivity contribution in [1.29, 1.82) is 0 Å². The zero-order valence-electron chi connectivity index (χ0n) is 21.0. The number of aromatic amines is 1. The van der Waals surface area contributed by atoms with Crippen LogP contribution in [0.15, 0.2) is 16.6 Å². The molecule has 0 unspecified atom stereocenters. The van der Waals surface area contributed by atoms with Gasteiger partial charge in [0.2, 0.25) is 5.91 Å². The maximum absolute atomic E-state index is 11.9. The lowest BCUT2D eigenvalue weighted by molar-refractivity contribution is -0.116. The molecule has 9 heteroatoms. The summed E-state index contributed by atoms with van der Waals surface area (Å²) in [6.07, 6.45) is 3.39. The van der Waals surface area contributed by atoms with Gasteiger partial charge in [-0.1, -0.05) is 26.6 Å². The van der Waals surface area contributed by atoms with Crippen LogP contribution in [0.5, 0.6) is 0 Å². The first kappa shape index (κ1) is 23.8. The lowest BCUT2D eigenvalue weighted by Gasteiger charge is -2.20. The van der Waals surface area contributed by atoms with E-state index >= 15 is 0 Å². The average molecular weight is 545 g/mol. The molecule has 1 aromatic carbocycles. The van der Waals surface area contributed by atoms with Gasteiger partial charge in [-0.15, -0.1) is 0 Å². The largest absolute Gasteiger partial charge is 0.360 e.